The lowest BCUT2D eigenvalue weighted by Gasteiger charge is -2.30. The number of aliphatic hydroxyl groups excluding tert-OH is 1. The third-order valence-electron chi connectivity index (χ3n) is 4.18. The Bertz CT molecular complexity index is 715. The molecule has 0 spiro atoms. The molecule has 0 amide bonds. The zero-order chi connectivity index (χ0) is 15.6. The maximum Gasteiger partial charge on any atom is 0.125 e. The smallest absolute Gasteiger partial charge is 0.125 e. The second-order valence-electron chi connectivity index (χ2n) is 5.73. The van der Waals surface area contributed by atoms with Crippen LogP contribution < -0.4 is 0 Å². The van der Waals surface area contributed by atoms with E-state index in [2.05, 4.69) is 0 Å². The van der Waals surface area contributed by atoms with Gasteiger partial charge < -0.3 is 10.2 Å². The van der Waals surface area contributed by atoms with Gasteiger partial charge in [-0.2, -0.15) is 0 Å². The molecule has 2 N–H and O–H groups in total. The highest BCUT2D eigenvalue weighted by Gasteiger charge is 2.36. The lowest BCUT2D eigenvalue weighted by molar-refractivity contribution is -0.0745. The van der Waals surface area contributed by atoms with E-state index in [1.54, 1.807) is 18.3 Å². The van der Waals surface area contributed by atoms with Crippen molar-refractivity contribution in [1.29, 1.82) is 0 Å². The Morgan fingerprint density at radius 3 is 2.41 bits per heavy atom. The van der Waals surface area contributed by atoms with Crippen LogP contribution in [0.2, 0.25) is 0 Å². The van der Waals surface area contributed by atoms with Crippen LogP contribution in [-0.2, 0) is 12.0 Å². The average Bonchev–Trinajstić information content (AvgIpc) is 2.98. The maximum atomic E-state index is 11.1. The standard InChI is InChI=1S/C19H20O2S/c1-14(20)19(21,12-11-15-7-3-2-4-8-15)18-13-16-9-5-6-10-17(16)22-18/h2-10,13-14,20-21H,11-12H2,1H3/t14-,19?/m0/s1. The first kappa shape index (κ1) is 15.2. The summed E-state index contributed by atoms with van der Waals surface area (Å²) in [6, 6.07) is 20.1. The first-order chi connectivity index (χ1) is 10.6. The third kappa shape index (κ3) is 2.93. The molecule has 2 aromatic carbocycles. The van der Waals surface area contributed by atoms with Gasteiger partial charge in [-0.05, 0) is 42.8 Å². The monoisotopic (exact) mass is 312 g/mol. The summed E-state index contributed by atoms with van der Waals surface area (Å²) in [5, 5.41) is 22.4. The minimum Gasteiger partial charge on any atom is -0.390 e. The Hall–Kier alpha value is -1.68. The number of aliphatic hydroxyl groups is 2. The summed E-state index contributed by atoms with van der Waals surface area (Å²) in [6.45, 7) is 1.66. The predicted molar refractivity (Wildman–Crippen MR) is 92.2 cm³/mol. The fourth-order valence-corrected chi connectivity index (χ4v) is 3.98. The second-order valence-corrected chi connectivity index (χ2v) is 6.82. The summed E-state index contributed by atoms with van der Waals surface area (Å²) in [6.07, 6.45) is 0.419. The normalized spacial score (nSPS) is 15.6. The number of hydrogen-bond donors (Lipinski definition) is 2. The number of fused-ring (bicyclic) bond motifs is 1. The minimum absolute atomic E-state index is 0.501. The molecule has 0 saturated carbocycles. The number of rotatable bonds is 5. The van der Waals surface area contributed by atoms with Gasteiger partial charge in [0, 0.05) is 9.58 Å². The lowest BCUT2D eigenvalue weighted by atomic mass is 9.88. The molecule has 1 heterocycles. The molecule has 0 aliphatic carbocycles. The van der Waals surface area contributed by atoms with Crippen molar-refractivity contribution >= 4 is 21.4 Å². The molecule has 114 valence electrons. The molecule has 1 aromatic heterocycles. The molecule has 0 aliphatic rings. The van der Waals surface area contributed by atoms with Crippen LogP contribution in [0.4, 0.5) is 0 Å². The third-order valence-corrected chi connectivity index (χ3v) is 5.46. The highest BCUT2D eigenvalue weighted by Crippen LogP contribution is 2.38. The molecule has 0 radical (unpaired) electrons. The molecular formula is C19H20O2S. The van der Waals surface area contributed by atoms with Gasteiger partial charge in [0.2, 0.25) is 0 Å². The molecule has 2 nitrogen and oxygen atoms in total. The molecular weight excluding hydrogens is 292 g/mol. The largest absolute Gasteiger partial charge is 0.390 e. The molecule has 2 atom stereocenters. The summed E-state index contributed by atoms with van der Waals surface area (Å²) in [5.74, 6) is 0. The van der Waals surface area contributed by atoms with Crippen molar-refractivity contribution in [2.75, 3.05) is 0 Å². The molecule has 3 aromatic rings. The van der Waals surface area contributed by atoms with Gasteiger partial charge in [0.15, 0.2) is 0 Å². The van der Waals surface area contributed by atoms with Crippen LogP contribution in [0.3, 0.4) is 0 Å². The Kier molecular flexibility index (Phi) is 4.30. The van der Waals surface area contributed by atoms with E-state index in [-0.39, 0.29) is 0 Å². The summed E-state index contributed by atoms with van der Waals surface area (Å²) < 4.78 is 1.14. The van der Waals surface area contributed by atoms with Crippen molar-refractivity contribution in [3.05, 3.63) is 71.1 Å². The van der Waals surface area contributed by atoms with Gasteiger partial charge in [-0.25, -0.2) is 0 Å². The van der Waals surface area contributed by atoms with Crippen LogP contribution in [0, 0.1) is 0 Å². The summed E-state index contributed by atoms with van der Waals surface area (Å²) in [4.78, 5) is 0.833. The van der Waals surface area contributed by atoms with Crippen molar-refractivity contribution in [2.24, 2.45) is 0 Å². The fraction of sp³-hybridized carbons (Fsp3) is 0.263. The molecule has 0 fully saturated rings. The first-order valence-electron chi connectivity index (χ1n) is 7.53. The quantitative estimate of drug-likeness (QED) is 0.744. The van der Waals surface area contributed by atoms with Crippen molar-refractivity contribution in [2.45, 2.75) is 31.5 Å². The van der Waals surface area contributed by atoms with E-state index < -0.39 is 11.7 Å². The van der Waals surface area contributed by atoms with E-state index >= 15 is 0 Å². The lowest BCUT2D eigenvalue weighted by Crippen LogP contribution is -2.37. The van der Waals surface area contributed by atoms with Crippen LogP contribution in [-0.4, -0.2) is 16.3 Å². The molecule has 0 aliphatic heterocycles. The van der Waals surface area contributed by atoms with Gasteiger partial charge in [0.25, 0.3) is 0 Å². The second kappa shape index (κ2) is 6.21. The fourth-order valence-electron chi connectivity index (χ4n) is 2.71. The topological polar surface area (TPSA) is 40.5 Å². The Morgan fingerprint density at radius 2 is 1.73 bits per heavy atom. The van der Waals surface area contributed by atoms with Gasteiger partial charge >= 0.3 is 0 Å². The van der Waals surface area contributed by atoms with Crippen LogP contribution in [0.25, 0.3) is 10.1 Å². The van der Waals surface area contributed by atoms with Crippen molar-refractivity contribution < 1.29 is 10.2 Å². The number of hydrogen-bond acceptors (Lipinski definition) is 3. The molecule has 0 saturated heterocycles. The van der Waals surface area contributed by atoms with Crippen LogP contribution in [0.5, 0.6) is 0 Å². The first-order valence-corrected chi connectivity index (χ1v) is 8.35. The average molecular weight is 312 g/mol. The van der Waals surface area contributed by atoms with Gasteiger partial charge in [-0.15, -0.1) is 11.3 Å². The summed E-state index contributed by atoms with van der Waals surface area (Å²) in [7, 11) is 0. The highest BCUT2D eigenvalue weighted by atomic mass is 32.1. The predicted octanol–water partition coefficient (Wildman–Crippen LogP) is 4.10. The van der Waals surface area contributed by atoms with Gasteiger partial charge in [-0.3, -0.25) is 0 Å². The summed E-state index contributed by atoms with van der Waals surface area (Å²) in [5.41, 5.74) is -0.0396. The van der Waals surface area contributed by atoms with E-state index in [1.807, 2.05) is 60.7 Å². The Morgan fingerprint density at radius 1 is 1.05 bits per heavy atom. The zero-order valence-corrected chi connectivity index (χ0v) is 13.4. The number of benzene rings is 2. The molecule has 0 bridgehead atoms. The van der Waals surface area contributed by atoms with Gasteiger partial charge in [0.05, 0.1) is 6.10 Å². The highest BCUT2D eigenvalue weighted by molar-refractivity contribution is 7.19. The Labute approximate surface area is 134 Å². The molecule has 22 heavy (non-hydrogen) atoms. The Balaban J connectivity index is 1.90. The van der Waals surface area contributed by atoms with Crippen LogP contribution in [0.1, 0.15) is 23.8 Å². The molecule has 1 unspecified atom stereocenters. The molecule has 3 heteroatoms. The zero-order valence-electron chi connectivity index (χ0n) is 12.6. The van der Waals surface area contributed by atoms with Gasteiger partial charge in [0.1, 0.15) is 5.60 Å². The summed E-state index contributed by atoms with van der Waals surface area (Å²) >= 11 is 1.56. The van der Waals surface area contributed by atoms with E-state index in [0.29, 0.717) is 6.42 Å². The number of aryl methyl sites for hydroxylation is 1. The van der Waals surface area contributed by atoms with Crippen LogP contribution >= 0.6 is 11.3 Å². The SMILES string of the molecule is C[C@H](O)C(O)(CCc1ccccc1)c1cc2ccccc2s1. The van der Waals surface area contributed by atoms with Gasteiger partial charge in [-0.1, -0.05) is 48.5 Å². The van der Waals surface area contributed by atoms with Crippen LogP contribution in [0.15, 0.2) is 60.7 Å². The van der Waals surface area contributed by atoms with E-state index in [0.717, 1.165) is 21.4 Å². The minimum atomic E-state index is -1.21. The van der Waals surface area contributed by atoms with Crippen molar-refractivity contribution in [3.8, 4) is 0 Å². The van der Waals surface area contributed by atoms with Crippen molar-refractivity contribution in [1.82, 2.24) is 0 Å². The molecule has 3 rings (SSSR count). The maximum absolute atomic E-state index is 11.1. The van der Waals surface area contributed by atoms with E-state index in [4.69, 9.17) is 0 Å². The van der Waals surface area contributed by atoms with Crippen molar-refractivity contribution in [3.63, 3.8) is 0 Å². The van der Waals surface area contributed by atoms with E-state index in [9.17, 15) is 10.2 Å². The number of thiophene rings is 1. The van der Waals surface area contributed by atoms with E-state index in [1.165, 1.54) is 5.56 Å².